The van der Waals surface area contributed by atoms with Gasteiger partial charge in [-0.1, -0.05) is 31.2 Å². The molecule has 10 heteroatoms. The number of benzene rings is 2. The summed E-state index contributed by atoms with van der Waals surface area (Å²) in [7, 11) is 1.56. The summed E-state index contributed by atoms with van der Waals surface area (Å²) in [6.07, 6.45) is 1.59. The van der Waals surface area contributed by atoms with E-state index in [1.165, 1.54) is 6.07 Å². The maximum absolute atomic E-state index is 13.3. The van der Waals surface area contributed by atoms with Crippen LogP contribution in [0.2, 0.25) is 0 Å². The molecule has 1 unspecified atom stereocenters. The van der Waals surface area contributed by atoms with Gasteiger partial charge in [-0.2, -0.15) is 0 Å². The zero-order valence-corrected chi connectivity index (χ0v) is 21.8. The van der Waals surface area contributed by atoms with Crippen molar-refractivity contribution in [2.45, 2.75) is 51.9 Å². The van der Waals surface area contributed by atoms with Gasteiger partial charge in [0.15, 0.2) is 5.78 Å². The summed E-state index contributed by atoms with van der Waals surface area (Å²) < 4.78 is 5.39. The van der Waals surface area contributed by atoms with Crippen molar-refractivity contribution in [2.24, 2.45) is 5.92 Å². The van der Waals surface area contributed by atoms with Gasteiger partial charge in [0.25, 0.3) is 5.97 Å². The second kappa shape index (κ2) is 13.9. The third kappa shape index (κ3) is 8.16. The third-order valence-electron chi connectivity index (χ3n) is 6.37. The highest BCUT2D eigenvalue weighted by molar-refractivity contribution is 6.02. The van der Waals surface area contributed by atoms with Crippen LogP contribution in [-0.2, 0) is 25.6 Å². The van der Waals surface area contributed by atoms with Crippen molar-refractivity contribution in [3.8, 4) is 5.75 Å². The van der Waals surface area contributed by atoms with E-state index < -0.39 is 23.8 Å². The molecule has 1 fully saturated rings. The van der Waals surface area contributed by atoms with Crippen LogP contribution in [0, 0.1) is 5.92 Å². The van der Waals surface area contributed by atoms with Gasteiger partial charge in [-0.05, 0) is 54.5 Å². The zero-order chi connectivity index (χ0) is 28.4. The summed E-state index contributed by atoms with van der Waals surface area (Å²) in [5.74, 6) is -2.98. The molecule has 0 spiro atoms. The molecule has 0 radical (unpaired) electrons. The predicted molar refractivity (Wildman–Crippen MR) is 140 cm³/mol. The number of ketones is 1. The quantitative estimate of drug-likeness (QED) is 0.436. The third-order valence-corrected chi connectivity index (χ3v) is 6.37. The van der Waals surface area contributed by atoms with Crippen LogP contribution in [0.15, 0.2) is 42.5 Å². The summed E-state index contributed by atoms with van der Waals surface area (Å²) in [6.45, 7) is 2.76. The molecule has 1 heterocycles. The molecule has 4 N–H and O–H groups in total. The number of methoxy groups -OCH3 is 1. The Balaban J connectivity index is 0.00000118. The Bertz CT molecular complexity index is 1190. The first kappa shape index (κ1) is 30.0. The molecule has 0 aromatic heterocycles. The van der Waals surface area contributed by atoms with Crippen molar-refractivity contribution in [3.63, 3.8) is 0 Å². The lowest BCUT2D eigenvalue weighted by Crippen LogP contribution is -2.42. The largest absolute Gasteiger partial charge is 0.496 e. The highest BCUT2D eigenvalue weighted by Gasteiger charge is 2.35. The fourth-order valence-corrected chi connectivity index (χ4v) is 4.40. The summed E-state index contributed by atoms with van der Waals surface area (Å²) >= 11 is 0. The van der Waals surface area contributed by atoms with E-state index in [0.29, 0.717) is 25.0 Å². The minimum absolute atomic E-state index is 0.00240. The fraction of sp³-hybridized carbons (Fsp3) is 0.393. The van der Waals surface area contributed by atoms with Crippen LogP contribution in [0.1, 0.15) is 66.9 Å². The van der Waals surface area contributed by atoms with E-state index in [2.05, 4.69) is 0 Å². The molecule has 2 amide bonds. The van der Waals surface area contributed by atoms with Gasteiger partial charge in [-0.25, -0.2) is 4.79 Å². The van der Waals surface area contributed by atoms with E-state index in [-0.39, 0.29) is 48.2 Å². The van der Waals surface area contributed by atoms with Gasteiger partial charge in [0, 0.05) is 31.4 Å². The molecule has 38 heavy (non-hydrogen) atoms. The maximum atomic E-state index is 13.3. The Morgan fingerprint density at radius 2 is 1.79 bits per heavy atom. The molecule has 0 saturated carbocycles. The summed E-state index contributed by atoms with van der Waals surface area (Å²) in [4.78, 5) is 60.3. The number of carboxylic acid groups (broad SMARTS) is 2. The van der Waals surface area contributed by atoms with E-state index in [4.69, 9.17) is 20.4 Å². The van der Waals surface area contributed by atoms with Gasteiger partial charge in [-0.3, -0.25) is 24.1 Å². The molecule has 10 nitrogen and oxygen atoms in total. The molecule has 204 valence electrons. The van der Waals surface area contributed by atoms with Crippen LogP contribution in [0.25, 0.3) is 0 Å². The van der Waals surface area contributed by atoms with Gasteiger partial charge in [0.2, 0.25) is 11.8 Å². The maximum Gasteiger partial charge on any atom is 0.337 e. The number of Topliss-reactive ketones (excluding diaryl/α,β-unsaturated/α-hetero) is 1. The molecular formula is C28H34N2O8. The van der Waals surface area contributed by atoms with Crippen LogP contribution >= 0.6 is 0 Å². The number of rotatable bonds is 8. The zero-order valence-electron chi connectivity index (χ0n) is 21.8. The number of aromatic carboxylic acids is 1. The number of carbonyl (C=O) groups excluding carboxylic acids is 3. The number of aliphatic carboxylic acids is 1. The molecule has 2 aromatic carbocycles. The molecule has 0 aliphatic carbocycles. The first-order chi connectivity index (χ1) is 18.0. The average molecular weight is 527 g/mol. The summed E-state index contributed by atoms with van der Waals surface area (Å²) in [5.41, 5.74) is 7.57. The summed E-state index contributed by atoms with van der Waals surface area (Å²) in [5, 5.41) is 16.6. The lowest BCUT2D eigenvalue weighted by atomic mass is 9.90. The Kier molecular flexibility index (Phi) is 11.0. The van der Waals surface area contributed by atoms with Gasteiger partial charge in [0.1, 0.15) is 5.75 Å². The number of ether oxygens (including phenoxy) is 1. The number of nitrogens with two attached hydrogens (primary N) is 1. The Morgan fingerprint density at radius 3 is 2.37 bits per heavy atom. The fourth-order valence-electron chi connectivity index (χ4n) is 4.40. The number of hydrogen-bond donors (Lipinski definition) is 3. The number of carboxylic acids is 2. The van der Waals surface area contributed by atoms with Crippen LogP contribution in [0.3, 0.4) is 0 Å². The van der Waals surface area contributed by atoms with E-state index in [1.807, 2.05) is 31.2 Å². The normalized spacial score (nSPS) is 16.1. The lowest BCUT2D eigenvalue weighted by Gasteiger charge is -2.25. The molecule has 1 saturated heterocycles. The van der Waals surface area contributed by atoms with Crippen molar-refractivity contribution in [3.05, 3.63) is 59.2 Å². The smallest absolute Gasteiger partial charge is 0.337 e. The number of carbonyl (C=O) groups is 5. The minimum Gasteiger partial charge on any atom is -0.496 e. The summed E-state index contributed by atoms with van der Waals surface area (Å²) in [6, 6.07) is 12.0. The van der Waals surface area contributed by atoms with Gasteiger partial charge >= 0.3 is 5.97 Å². The van der Waals surface area contributed by atoms with Crippen molar-refractivity contribution in [1.29, 1.82) is 0 Å². The van der Waals surface area contributed by atoms with Gasteiger partial charge < -0.3 is 20.7 Å². The number of hydrogen-bond acceptors (Lipinski definition) is 7. The number of nitrogen functional groups attached to an aromatic ring is 1. The number of amides is 2. The molecule has 2 aromatic rings. The van der Waals surface area contributed by atoms with Gasteiger partial charge in [0.05, 0.1) is 19.2 Å². The van der Waals surface area contributed by atoms with Crippen LogP contribution in [0.4, 0.5) is 5.69 Å². The van der Waals surface area contributed by atoms with E-state index in [1.54, 1.807) is 19.2 Å². The SMILES string of the molecule is CC(=O)O.CC[C@@H](CC(=O)N1CC(=O)CCC(Cc2ccccc2OC)C1=O)c1ccc(C(=O)O)c(N)c1. The van der Waals surface area contributed by atoms with Gasteiger partial charge in [-0.15, -0.1) is 0 Å². The van der Waals surface area contributed by atoms with E-state index >= 15 is 0 Å². The minimum atomic E-state index is -1.12. The second-order valence-electron chi connectivity index (χ2n) is 9.09. The Hall–Kier alpha value is -4.21. The number of likely N-dealkylation sites (tertiary alicyclic amines) is 1. The standard InChI is InChI=1S/C26H30N2O6.C2H4O2/c1-3-16(17-9-11-21(26(32)33)22(27)13-17)14-24(30)28-15-20(29)10-8-19(25(28)31)12-18-6-4-5-7-23(18)34-2;1-2(3)4/h4-7,9,11,13,16,19H,3,8,10,12,14-15,27H2,1-2H3,(H,32,33);1H3,(H,3,4)/t16-,19?;/m0./s1. The lowest BCUT2D eigenvalue weighted by molar-refractivity contribution is -0.148. The second-order valence-corrected chi connectivity index (χ2v) is 9.09. The molecule has 2 atom stereocenters. The van der Waals surface area contributed by atoms with Crippen molar-refractivity contribution in [1.82, 2.24) is 4.90 Å². The number of anilines is 1. The predicted octanol–water partition coefficient (Wildman–Crippen LogP) is 3.53. The monoisotopic (exact) mass is 526 g/mol. The van der Waals surface area contributed by atoms with Crippen molar-refractivity contribution in [2.75, 3.05) is 19.4 Å². The van der Waals surface area contributed by atoms with Crippen molar-refractivity contribution >= 4 is 35.2 Å². The molecule has 3 rings (SSSR count). The van der Waals surface area contributed by atoms with E-state index in [9.17, 15) is 24.3 Å². The Labute approximate surface area is 221 Å². The number of nitrogens with zero attached hydrogens (tertiary/aromatic N) is 1. The highest BCUT2D eigenvalue weighted by atomic mass is 16.5. The first-order valence-corrected chi connectivity index (χ1v) is 12.3. The first-order valence-electron chi connectivity index (χ1n) is 12.3. The Morgan fingerprint density at radius 1 is 1.13 bits per heavy atom. The van der Waals surface area contributed by atoms with Crippen molar-refractivity contribution < 1.29 is 38.9 Å². The number of para-hydroxylation sites is 1. The topological polar surface area (TPSA) is 164 Å². The van der Waals surface area contributed by atoms with Crippen LogP contribution in [0.5, 0.6) is 5.75 Å². The average Bonchev–Trinajstić information content (AvgIpc) is 3.00. The number of imide groups is 1. The highest BCUT2D eigenvalue weighted by Crippen LogP contribution is 2.30. The molecule has 1 aliphatic rings. The molecular weight excluding hydrogens is 492 g/mol. The molecule has 1 aliphatic heterocycles. The van der Waals surface area contributed by atoms with E-state index in [0.717, 1.165) is 23.0 Å². The molecule has 0 bridgehead atoms. The van der Waals surface area contributed by atoms with Crippen LogP contribution < -0.4 is 10.5 Å². The van der Waals surface area contributed by atoms with Crippen LogP contribution in [-0.4, -0.2) is 58.3 Å².